The second-order valence-corrected chi connectivity index (χ2v) is 10.2. The number of aryl methyl sites for hydroxylation is 1. The molecular weight excluding hydrogens is 488 g/mol. The van der Waals surface area contributed by atoms with Crippen molar-refractivity contribution in [2.75, 3.05) is 5.32 Å². The molecule has 0 atom stereocenters. The van der Waals surface area contributed by atoms with Crippen LogP contribution in [0.5, 0.6) is 0 Å². The Morgan fingerprint density at radius 2 is 1.40 bits per heavy atom. The first-order valence-corrected chi connectivity index (χ1v) is 13.9. The van der Waals surface area contributed by atoms with Gasteiger partial charge in [0.1, 0.15) is 11.3 Å². The first-order chi connectivity index (χ1) is 19.7. The van der Waals surface area contributed by atoms with E-state index in [0.29, 0.717) is 0 Å². The molecule has 194 valence electrons. The fraction of sp³-hybridized carbons (Fsp3) is 0.0811. The minimum Gasteiger partial charge on any atom is -0.461 e. The lowest BCUT2D eigenvalue weighted by molar-refractivity contribution is 0.577. The smallest absolute Gasteiger partial charge is 0.135 e. The quantitative estimate of drug-likeness (QED) is 0.237. The maximum absolute atomic E-state index is 5.97. The van der Waals surface area contributed by atoms with Crippen LogP contribution in [-0.4, -0.2) is 4.57 Å². The third-order valence-corrected chi connectivity index (χ3v) is 7.63. The van der Waals surface area contributed by atoms with Gasteiger partial charge < -0.3 is 14.3 Å². The topological polar surface area (TPSA) is 30.1 Å². The van der Waals surface area contributed by atoms with Crippen molar-refractivity contribution < 1.29 is 4.42 Å². The van der Waals surface area contributed by atoms with Gasteiger partial charge in [-0.15, -0.1) is 0 Å². The molecule has 40 heavy (non-hydrogen) atoms. The Bertz CT molecular complexity index is 2010. The number of hydrogen-bond acceptors (Lipinski definition) is 2. The number of nitrogens with one attached hydrogen (secondary N) is 1. The SMILES string of the molecule is CC/C=C\c1c(C)oc2ccc(Nc3ccc(-c4ccc5c(c4)c4ccccc4n5-c4ccccc4)cc3)cc12. The van der Waals surface area contributed by atoms with Gasteiger partial charge in [0, 0.05) is 38.8 Å². The number of furan rings is 1. The molecule has 0 saturated heterocycles. The number of para-hydroxylation sites is 2. The van der Waals surface area contributed by atoms with Crippen molar-refractivity contribution >= 4 is 50.2 Å². The van der Waals surface area contributed by atoms with Crippen molar-refractivity contribution in [2.45, 2.75) is 20.3 Å². The Labute approximate surface area is 234 Å². The number of nitrogens with zero attached hydrogens (tertiary/aromatic N) is 1. The van der Waals surface area contributed by atoms with Crippen LogP contribution in [0, 0.1) is 6.92 Å². The van der Waals surface area contributed by atoms with Gasteiger partial charge in [-0.3, -0.25) is 0 Å². The third-order valence-electron chi connectivity index (χ3n) is 7.63. The predicted molar refractivity (Wildman–Crippen MR) is 170 cm³/mol. The fourth-order valence-corrected chi connectivity index (χ4v) is 5.68. The zero-order chi connectivity index (χ0) is 27.1. The van der Waals surface area contributed by atoms with Gasteiger partial charge in [-0.1, -0.05) is 73.7 Å². The first-order valence-electron chi connectivity index (χ1n) is 13.9. The number of rotatable bonds is 6. The standard InChI is InChI=1S/C37H30N2O/c1-3-4-12-31-25(2)40-37-22-20-29(24-34(31)37)38-28-18-15-26(16-19-28)27-17-21-36-33(23-27)32-13-8-9-14-35(32)39(36)30-10-6-5-7-11-30/h4-24,38H,3H2,1-2H3/b12-4-. The first kappa shape index (κ1) is 24.1. The van der Waals surface area contributed by atoms with Crippen LogP contribution in [0.1, 0.15) is 24.7 Å². The zero-order valence-corrected chi connectivity index (χ0v) is 22.7. The van der Waals surface area contributed by atoms with Crippen molar-refractivity contribution in [2.24, 2.45) is 0 Å². The summed E-state index contributed by atoms with van der Waals surface area (Å²) in [5.41, 5.74) is 10.2. The summed E-state index contributed by atoms with van der Waals surface area (Å²) in [7, 11) is 0. The van der Waals surface area contributed by atoms with E-state index in [2.05, 4.69) is 138 Å². The maximum atomic E-state index is 5.97. The van der Waals surface area contributed by atoms with E-state index in [9.17, 15) is 0 Å². The summed E-state index contributed by atoms with van der Waals surface area (Å²) in [5, 5.41) is 7.23. The average molecular weight is 519 g/mol. The summed E-state index contributed by atoms with van der Waals surface area (Å²) in [6, 6.07) is 41.0. The van der Waals surface area contributed by atoms with E-state index in [1.807, 2.05) is 13.0 Å². The van der Waals surface area contributed by atoms with Crippen LogP contribution in [0.15, 0.2) is 126 Å². The van der Waals surface area contributed by atoms with Gasteiger partial charge >= 0.3 is 0 Å². The second kappa shape index (κ2) is 9.94. The lowest BCUT2D eigenvalue weighted by Crippen LogP contribution is -1.92. The molecule has 0 bridgehead atoms. The maximum Gasteiger partial charge on any atom is 0.135 e. The molecule has 0 fully saturated rings. The number of allylic oxidation sites excluding steroid dienone is 1. The van der Waals surface area contributed by atoms with Gasteiger partial charge in [-0.05, 0) is 85.1 Å². The Hall–Kier alpha value is -5.02. The summed E-state index contributed by atoms with van der Waals surface area (Å²) in [6.45, 7) is 4.17. The Morgan fingerprint density at radius 3 is 2.23 bits per heavy atom. The van der Waals surface area contributed by atoms with Crippen LogP contribution in [0.3, 0.4) is 0 Å². The molecule has 0 aliphatic rings. The summed E-state index contributed by atoms with van der Waals surface area (Å²) in [6.07, 6.45) is 5.33. The van der Waals surface area contributed by atoms with E-state index >= 15 is 0 Å². The molecule has 0 amide bonds. The minimum absolute atomic E-state index is 0.915. The molecule has 0 unspecified atom stereocenters. The second-order valence-electron chi connectivity index (χ2n) is 10.2. The van der Waals surface area contributed by atoms with Gasteiger partial charge in [0.25, 0.3) is 0 Å². The molecule has 0 aliphatic carbocycles. The highest BCUT2D eigenvalue weighted by atomic mass is 16.3. The lowest BCUT2D eigenvalue weighted by atomic mass is 10.0. The summed E-state index contributed by atoms with van der Waals surface area (Å²) >= 11 is 0. The minimum atomic E-state index is 0.915. The molecule has 0 aliphatic heterocycles. The van der Waals surface area contributed by atoms with Crippen molar-refractivity contribution in [3.8, 4) is 16.8 Å². The van der Waals surface area contributed by atoms with Crippen molar-refractivity contribution in [1.82, 2.24) is 4.57 Å². The van der Waals surface area contributed by atoms with E-state index in [0.717, 1.165) is 40.1 Å². The Balaban J connectivity index is 1.21. The molecule has 2 aromatic heterocycles. The molecule has 5 aromatic carbocycles. The van der Waals surface area contributed by atoms with Crippen molar-refractivity contribution in [3.05, 3.63) is 133 Å². The Kier molecular flexibility index (Phi) is 5.98. The van der Waals surface area contributed by atoms with Crippen LogP contribution in [0.25, 0.3) is 55.7 Å². The van der Waals surface area contributed by atoms with E-state index in [4.69, 9.17) is 4.42 Å². The number of fused-ring (bicyclic) bond motifs is 4. The average Bonchev–Trinajstić information content (AvgIpc) is 3.50. The molecule has 0 saturated carbocycles. The molecule has 2 heterocycles. The van der Waals surface area contributed by atoms with E-state index in [1.165, 1.54) is 38.6 Å². The molecule has 0 spiro atoms. The van der Waals surface area contributed by atoms with Crippen molar-refractivity contribution in [1.29, 1.82) is 0 Å². The molecule has 3 nitrogen and oxygen atoms in total. The summed E-state index contributed by atoms with van der Waals surface area (Å²) < 4.78 is 8.32. The molecule has 3 heteroatoms. The van der Waals surface area contributed by atoms with Gasteiger partial charge in [0.05, 0.1) is 11.0 Å². The van der Waals surface area contributed by atoms with Gasteiger partial charge in [-0.2, -0.15) is 0 Å². The summed E-state index contributed by atoms with van der Waals surface area (Å²) in [4.78, 5) is 0. The predicted octanol–water partition coefficient (Wildman–Crippen LogP) is 10.7. The highest BCUT2D eigenvalue weighted by Gasteiger charge is 2.13. The summed E-state index contributed by atoms with van der Waals surface area (Å²) in [5.74, 6) is 0.949. The van der Waals surface area contributed by atoms with Crippen molar-refractivity contribution in [3.63, 3.8) is 0 Å². The van der Waals surface area contributed by atoms with Crippen LogP contribution in [-0.2, 0) is 0 Å². The Morgan fingerprint density at radius 1 is 0.675 bits per heavy atom. The van der Waals surface area contributed by atoms with Gasteiger partial charge in [0.2, 0.25) is 0 Å². The molecule has 0 radical (unpaired) electrons. The van der Waals surface area contributed by atoms with Crippen LogP contribution >= 0.6 is 0 Å². The zero-order valence-electron chi connectivity index (χ0n) is 22.7. The monoisotopic (exact) mass is 518 g/mol. The largest absolute Gasteiger partial charge is 0.461 e. The molecular formula is C37H30N2O. The van der Waals surface area contributed by atoms with Crippen LogP contribution in [0.4, 0.5) is 11.4 Å². The number of benzene rings is 5. The van der Waals surface area contributed by atoms with Crippen LogP contribution < -0.4 is 5.32 Å². The number of aromatic nitrogens is 1. The van der Waals surface area contributed by atoms with Gasteiger partial charge in [-0.25, -0.2) is 0 Å². The highest BCUT2D eigenvalue weighted by molar-refractivity contribution is 6.10. The lowest BCUT2D eigenvalue weighted by Gasteiger charge is -2.09. The van der Waals surface area contributed by atoms with E-state index < -0.39 is 0 Å². The molecule has 7 rings (SSSR count). The third kappa shape index (κ3) is 4.17. The van der Waals surface area contributed by atoms with Gasteiger partial charge in [0.15, 0.2) is 0 Å². The number of hydrogen-bond donors (Lipinski definition) is 1. The highest BCUT2D eigenvalue weighted by Crippen LogP contribution is 2.35. The number of anilines is 2. The molecule has 1 N–H and O–H groups in total. The van der Waals surface area contributed by atoms with E-state index in [1.54, 1.807) is 0 Å². The van der Waals surface area contributed by atoms with Crippen LogP contribution in [0.2, 0.25) is 0 Å². The normalized spacial score (nSPS) is 11.8. The van der Waals surface area contributed by atoms with E-state index in [-0.39, 0.29) is 0 Å². The molecule has 7 aromatic rings. The fourth-order valence-electron chi connectivity index (χ4n) is 5.68.